The summed E-state index contributed by atoms with van der Waals surface area (Å²) >= 11 is 1.10. The lowest BCUT2D eigenvalue weighted by Gasteiger charge is -2.12. The predicted octanol–water partition coefficient (Wildman–Crippen LogP) is -0.455. The maximum absolute atomic E-state index is 11.6. The Balaban J connectivity index is 2.06. The van der Waals surface area contributed by atoms with Crippen LogP contribution in [0, 0.1) is 5.51 Å². The third kappa shape index (κ3) is 1.68. The Morgan fingerprint density at radius 1 is 1.77 bits per heavy atom. The van der Waals surface area contributed by atoms with Gasteiger partial charge < -0.3 is 10.0 Å². The standard InChI is InChI=1S/C7H8N3O2S/c11-5-1-2-10(3-5)7(12)6-9-8-4-13-6/h5,11H,1-3H2/t5-/m1/s1. The zero-order valence-corrected chi connectivity index (χ0v) is 7.62. The van der Waals surface area contributed by atoms with E-state index in [1.165, 1.54) is 0 Å². The monoisotopic (exact) mass is 198 g/mol. The summed E-state index contributed by atoms with van der Waals surface area (Å²) in [7, 11) is 0. The van der Waals surface area contributed by atoms with Crippen LogP contribution in [0.3, 0.4) is 0 Å². The molecule has 1 saturated heterocycles. The minimum atomic E-state index is -0.388. The Bertz CT molecular complexity index is 301. The van der Waals surface area contributed by atoms with Gasteiger partial charge in [0.05, 0.1) is 6.10 Å². The molecule has 1 amide bonds. The second-order valence-corrected chi connectivity index (χ2v) is 3.67. The number of carbonyl (C=O) groups is 1. The molecule has 1 N–H and O–H groups in total. The van der Waals surface area contributed by atoms with Crippen LogP contribution in [0.2, 0.25) is 0 Å². The number of amides is 1. The fourth-order valence-corrected chi connectivity index (χ4v) is 1.76. The number of aromatic nitrogens is 2. The average molecular weight is 198 g/mol. The minimum absolute atomic E-state index is 0.157. The second-order valence-electron chi connectivity index (χ2n) is 2.89. The maximum Gasteiger partial charge on any atom is 0.284 e. The lowest BCUT2D eigenvalue weighted by molar-refractivity contribution is 0.0764. The fraction of sp³-hybridized carbons (Fsp3) is 0.571. The lowest BCUT2D eigenvalue weighted by Crippen LogP contribution is -2.29. The summed E-state index contributed by atoms with van der Waals surface area (Å²) in [5.74, 6) is -0.157. The number of aliphatic hydroxyl groups is 1. The normalized spacial score (nSPS) is 22.2. The predicted molar refractivity (Wildman–Crippen MR) is 45.3 cm³/mol. The van der Waals surface area contributed by atoms with Crippen molar-refractivity contribution in [3.8, 4) is 0 Å². The van der Waals surface area contributed by atoms with E-state index in [0.717, 1.165) is 11.3 Å². The molecule has 1 radical (unpaired) electrons. The van der Waals surface area contributed by atoms with Crippen molar-refractivity contribution in [2.75, 3.05) is 13.1 Å². The number of hydrogen-bond donors (Lipinski definition) is 1. The molecule has 1 atom stereocenters. The molecule has 0 saturated carbocycles. The molecule has 2 rings (SSSR count). The summed E-state index contributed by atoms with van der Waals surface area (Å²) < 4.78 is 0. The van der Waals surface area contributed by atoms with Crippen LogP contribution < -0.4 is 0 Å². The van der Waals surface area contributed by atoms with E-state index in [1.807, 2.05) is 0 Å². The molecule has 69 valence electrons. The zero-order chi connectivity index (χ0) is 9.26. The van der Waals surface area contributed by atoms with Crippen LogP contribution in [0.15, 0.2) is 0 Å². The van der Waals surface area contributed by atoms with E-state index >= 15 is 0 Å². The van der Waals surface area contributed by atoms with Gasteiger partial charge in [-0.15, -0.1) is 10.2 Å². The van der Waals surface area contributed by atoms with Crippen molar-refractivity contribution in [1.29, 1.82) is 0 Å². The largest absolute Gasteiger partial charge is 0.391 e. The first-order valence-electron chi connectivity index (χ1n) is 3.94. The van der Waals surface area contributed by atoms with Gasteiger partial charge in [-0.3, -0.25) is 4.79 Å². The van der Waals surface area contributed by atoms with Crippen LogP contribution >= 0.6 is 11.3 Å². The minimum Gasteiger partial charge on any atom is -0.391 e. The van der Waals surface area contributed by atoms with Crippen molar-refractivity contribution in [3.63, 3.8) is 0 Å². The highest BCUT2D eigenvalue weighted by Crippen LogP contribution is 2.13. The van der Waals surface area contributed by atoms with Crippen LogP contribution in [-0.4, -0.2) is 45.3 Å². The molecule has 0 aliphatic carbocycles. The summed E-state index contributed by atoms with van der Waals surface area (Å²) in [5.41, 5.74) is 2.52. The Kier molecular flexibility index (Phi) is 2.24. The van der Waals surface area contributed by atoms with Crippen molar-refractivity contribution in [2.45, 2.75) is 12.5 Å². The SMILES string of the molecule is O=C(c1nn[c]s1)N1CC[C@@H](O)C1. The molecule has 1 fully saturated rings. The van der Waals surface area contributed by atoms with Crippen molar-refractivity contribution in [1.82, 2.24) is 15.1 Å². The van der Waals surface area contributed by atoms with E-state index < -0.39 is 0 Å². The molecule has 6 heteroatoms. The van der Waals surface area contributed by atoms with Gasteiger partial charge in [0.15, 0.2) is 5.51 Å². The summed E-state index contributed by atoms with van der Waals surface area (Å²) in [4.78, 5) is 13.1. The molecule has 0 aromatic carbocycles. The highest BCUT2D eigenvalue weighted by molar-refractivity contribution is 7.10. The Labute approximate surface area is 79.0 Å². The molecule has 0 spiro atoms. The summed E-state index contributed by atoms with van der Waals surface area (Å²) in [5, 5.41) is 16.6. The van der Waals surface area contributed by atoms with Crippen molar-refractivity contribution < 1.29 is 9.90 Å². The summed E-state index contributed by atoms with van der Waals surface area (Å²) in [6.07, 6.45) is 0.259. The van der Waals surface area contributed by atoms with Crippen molar-refractivity contribution in [3.05, 3.63) is 10.5 Å². The average Bonchev–Trinajstić information content (AvgIpc) is 2.72. The molecule has 1 aliphatic heterocycles. The van der Waals surface area contributed by atoms with Gasteiger partial charge >= 0.3 is 0 Å². The number of likely N-dealkylation sites (tertiary alicyclic amines) is 1. The number of hydrogen-bond acceptors (Lipinski definition) is 5. The first-order valence-corrected chi connectivity index (χ1v) is 4.76. The van der Waals surface area contributed by atoms with Gasteiger partial charge in [0.25, 0.3) is 5.91 Å². The van der Waals surface area contributed by atoms with E-state index in [4.69, 9.17) is 0 Å². The third-order valence-corrected chi connectivity index (χ3v) is 2.58. The van der Waals surface area contributed by atoms with Gasteiger partial charge in [0.2, 0.25) is 5.01 Å². The molecular weight excluding hydrogens is 190 g/mol. The van der Waals surface area contributed by atoms with Crippen LogP contribution in [0.1, 0.15) is 16.2 Å². The zero-order valence-electron chi connectivity index (χ0n) is 6.80. The topological polar surface area (TPSA) is 66.3 Å². The first kappa shape index (κ1) is 8.58. The highest BCUT2D eigenvalue weighted by Gasteiger charge is 2.26. The van der Waals surface area contributed by atoms with Gasteiger partial charge in [0.1, 0.15) is 0 Å². The molecular formula is C7H8N3O2S. The van der Waals surface area contributed by atoms with Crippen LogP contribution in [-0.2, 0) is 0 Å². The molecule has 5 nitrogen and oxygen atoms in total. The number of β-amino-alcohol motifs (C(OH)–C–C–N with tert-alkyl or cyclic N) is 1. The number of aliphatic hydroxyl groups excluding tert-OH is 1. The quantitative estimate of drug-likeness (QED) is 0.663. The molecule has 1 aliphatic rings. The lowest BCUT2D eigenvalue weighted by atomic mass is 10.3. The van der Waals surface area contributed by atoms with Gasteiger partial charge in [-0.05, 0) is 6.42 Å². The number of carbonyl (C=O) groups excluding carboxylic acids is 1. The Hall–Kier alpha value is -1.01. The molecule has 2 heterocycles. The second kappa shape index (κ2) is 3.39. The maximum atomic E-state index is 11.6. The third-order valence-electron chi connectivity index (χ3n) is 1.96. The number of rotatable bonds is 1. The van der Waals surface area contributed by atoms with Gasteiger partial charge in [-0.25, -0.2) is 0 Å². The summed E-state index contributed by atoms with van der Waals surface area (Å²) in [6, 6.07) is 0. The summed E-state index contributed by atoms with van der Waals surface area (Å²) in [6.45, 7) is 0.998. The molecule has 13 heavy (non-hydrogen) atoms. The Morgan fingerprint density at radius 3 is 3.15 bits per heavy atom. The van der Waals surface area contributed by atoms with E-state index in [0.29, 0.717) is 24.5 Å². The first-order chi connectivity index (χ1) is 6.27. The van der Waals surface area contributed by atoms with E-state index in [2.05, 4.69) is 15.7 Å². The highest BCUT2D eigenvalue weighted by atomic mass is 32.1. The van der Waals surface area contributed by atoms with Crippen molar-refractivity contribution in [2.24, 2.45) is 0 Å². The van der Waals surface area contributed by atoms with Gasteiger partial charge in [-0.1, -0.05) is 11.3 Å². The van der Waals surface area contributed by atoms with Crippen LogP contribution in [0.25, 0.3) is 0 Å². The van der Waals surface area contributed by atoms with E-state index in [-0.39, 0.29) is 12.0 Å². The van der Waals surface area contributed by atoms with Crippen LogP contribution in [0.4, 0.5) is 0 Å². The molecule has 1 aromatic rings. The number of nitrogens with zero attached hydrogens (tertiary/aromatic N) is 3. The van der Waals surface area contributed by atoms with Gasteiger partial charge in [-0.2, -0.15) is 0 Å². The fourth-order valence-electron chi connectivity index (χ4n) is 1.30. The molecule has 0 bridgehead atoms. The van der Waals surface area contributed by atoms with Crippen molar-refractivity contribution >= 4 is 17.2 Å². The molecule has 0 unspecified atom stereocenters. The Morgan fingerprint density at radius 2 is 2.62 bits per heavy atom. The smallest absolute Gasteiger partial charge is 0.284 e. The van der Waals surface area contributed by atoms with Crippen LogP contribution in [0.5, 0.6) is 0 Å². The van der Waals surface area contributed by atoms with Gasteiger partial charge in [0, 0.05) is 13.1 Å². The van der Waals surface area contributed by atoms with E-state index in [1.54, 1.807) is 4.90 Å². The van der Waals surface area contributed by atoms with E-state index in [9.17, 15) is 9.90 Å². The molecule has 1 aromatic heterocycles.